The third kappa shape index (κ3) is 4.48. The SMILES string of the molecule is C=CCOC(=O)N1CC(O)CC1C(=O)OCc1ccc(OC)cc1. The van der Waals surface area contributed by atoms with Crippen molar-refractivity contribution in [3.8, 4) is 5.75 Å². The lowest BCUT2D eigenvalue weighted by Gasteiger charge is -2.22. The first-order valence-electron chi connectivity index (χ1n) is 7.57. The number of hydrogen-bond acceptors (Lipinski definition) is 6. The van der Waals surface area contributed by atoms with Crippen LogP contribution in [0.1, 0.15) is 12.0 Å². The molecule has 0 bridgehead atoms. The summed E-state index contributed by atoms with van der Waals surface area (Å²) in [7, 11) is 1.57. The Labute approximate surface area is 140 Å². The minimum Gasteiger partial charge on any atom is -0.497 e. The molecule has 1 aromatic carbocycles. The van der Waals surface area contributed by atoms with Crippen molar-refractivity contribution < 1.29 is 28.9 Å². The standard InChI is InChI=1S/C17H21NO6/c1-3-8-23-17(21)18-10-13(19)9-15(18)16(20)24-11-12-4-6-14(22-2)7-5-12/h3-7,13,15,19H,1,8-11H2,2H3. The molecule has 1 N–H and O–H groups in total. The lowest BCUT2D eigenvalue weighted by atomic mass is 10.2. The van der Waals surface area contributed by atoms with E-state index < -0.39 is 24.2 Å². The van der Waals surface area contributed by atoms with E-state index in [0.717, 1.165) is 5.56 Å². The molecule has 7 heteroatoms. The number of carbonyl (C=O) groups excluding carboxylic acids is 2. The Morgan fingerprint density at radius 2 is 2.04 bits per heavy atom. The molecule has 0 spiro atoms. The molecular weight excluding hydrogens is 314 g/mol. The van der Waals surface area contributed by atoms with E-state index in [1.165, 1.54) is 11.0 Å². The Bertz CT molecular complexity index is 585. The third-order valence-electron chi connectivity index (χ3n) is 3.65. The molecule has 1 aliphatic rings. The number of carbonyl (C=O) groups is 2. The maximum Gasteiger partial charge on any atom is 0.410 e. The van der Waals surface area contributed by atoms with Gasteiger partial charge in [-0.05, 0) is 17.7 Å². The zero-order chi connectivity index (χ0) is 17.5. The van der Waals surface area contributed by atoms with Crippen LogP contribution in [0.15, 0.2) is 36.9 Å². The fraction of sp³-hybridized carbons (Fsp3) is 0.412. The van der Waals surface area contributed by atoms with Crippen molar-refractivity contribution in [2.45, 2.75) is 25.2 Å². The zero-order valence-electron chi connectivity index (χ0n) is 13.5. The second-order valence-electron chi connectivity index (χ2n) is 5.38. The Balaban J connectivity index is 1.93. The average Bonchev–Trinajstić information content (AvgIpc) is 3.00. The maximum absolute atomic E-state index is 12.2. The molecule has 2 rings (SSSR count). The van der Waals surface area contributed by atoms with Crippen molar-refractivity contribution in [2.75, 3.05) is 20.3 Å². The van der Waals surface area contributed by atoms with Gasteiger partial charge in [-0.25, -0.2) is 9.59 Å². The summed E-state index contributed by atoms with van der Waals surface area (Å²) in [6.07, 6.45) is 0.115. The van der Waals surface area contributed by atoms with Crippen LogP contribution >= 0.6 is 0 Å². The highest BCUT2D eigenvalue weighted by atomic mass is 16.6. The van der Waals surface area contributed by atoms with Gasteiger partial charge in [-0.1, -0.05) is 24.8 Å². The number of rotatable bonds is 6. The smallest absolute Gasteiger partial charge is 0.410 e. The number of aliphatic hydroxyl groups excluding tert-OH is 1. The first-order chi connectivity index (χ1) is 11.5. The van der Waals surface area contributed by atoms with Gasteiger partial charge in [0.15, 0.2) is 0 Å². The lowest BCUT2D eigenvalue weighted by Crippen LogP contribution is -2.41. The number of aliphatic hydroxyl groups is 1. The molecular formula is C17H21NO6. The first kappa shape index (κ1) is 17.8. The van der Waals surface area contributed by atoms with Gasteiger partial charge in [0.05, 0.1) is 19.8 Å². The topological polar surface area (TPSA) is 85.3 Å². The van der Waals surface area contributed by atoms with Crippen LogP contribution in [0, 0.1) is 0 Å². The highest BCUT2D eigenvalue weighted by Crippen LogP contribution is 2.21. The normalized spacial score (nSPS) is 19.7. The number of amides is 1. The van der Waals surface area contributed by atoms with Gasteiger partial charge in [0, 0.05) is 6.42 Å². The predicted molar refractivity (Wildman–Crippen MR) is 85.5 cm³/mol. The molecule has 1 heterocycles. The molecule has 0 saturated carbocycles. The fourth-order valence-corrected chi connectivity index (χ4v) is 2.42. The van der Waals surface area contributed by atoms with Gasteiger partial charge in [-0.2, -0.15) is 0 Å². The molecule has 24 heavy (non-hydrogen) atoms. The van der Waals surface area contributed by atoms with E-state index in [0.29, 0.717) is 5.75 Å². The Morgan fingerprint density at radius 1 is 1.33 bits per heavy atom. The van der Waals surface area contributed by atoms with Crippen molar-refractivity contribution in [1.29, 1.82) is 0 Å². The van der Waals surface area contributed by atoms with E-state index in [4.69, 9.17) is 14.2 Å². The fourth-order valence-electron chi connectivity index (χ4n) is 2.42. The minimum absolute atomic E-state index is 0.0400. The average molecular weight is 335 g/mol. The Morgan fingerprint density at radius 3 is 2.67 bits per heavy atom. The Hall–Kier alpha value is -2.54. The van der Waals surface area contributed by atoms with Crippen LogP contribution in [0.4, 0.5) is 4.79 Å². The maximum atomic E-state index is 12.2. The molecule has 2 unspecified atom stereocenters. The van der Waals surface area contributed by atoms with Crippen LogP contribution in [0.25, 0.3) is 0 Å². The monoisotopic (exact) mass is 335 g/mol. The van der Waals surface area contributed by atoms with Crippen molar-refractivity contribution in [3.05, 3.63) is 42.5 Å². The van der Waals surface area contributed by atoms with E-state index >= 15 is 0 Å². The second-order valence-corrected chi connectivity index (χ2v) is 5.38. The Kier molecular flexibility index (Phi) is 6.20. The zero-order valence-corrected chi connectivity index (χ0v) is 13.5. The van der Waals surface area contributed by atoms with Crippen LogP contribution in [0.5, 0.6) is 5.75 Å². The first-order valence-corrected chi connectivity index (χ1v) is 7.57. The number of β-amino-alcohol motifs (C(OH)–C–C–N with tert-alkyl or cyclic N) is 1. The second kappa shape index (κ2) is 8.35. The summed E-state index contributed by atoms with van der Waals surface area (Å²) in [6.45, 7) is 3.61. The van der Waals surface area contributed by atoms with Gasteiger partial charge in [0.25, 0.3) is 0 Å². The number of methoxy groups -OCH3 is 1. The molecule has 130 valence electrons. The van der Waals surface area contributed by atoms with E-state index in [2.05, 4.69) is 6.58 Å². The molecule has 1 aromatic rings. The number of nitrogens with zero attached hydrogens (tertiary/aromatic N) is 1. The molecule has 0 aliphatic carbocycles. The quantitative estimate of drug-likeness (QED) is 0.626. The highest BCUT2D eigenvalue weighted by molar-refractivity contribution is 5.82. The van der Waals surface area contributed by atoms with E-state index in [1.54, 1.807) is 31.4 Å². The van der Waals surface area contributed by atoms with Gasteiger partial charge in [0.1, 0.15) is 25.0 Å². The number of hydrogen-bond donors (Lipinski definition) is 1. The molecule has 2 atom stereocenters. The van der Waals surface area contributed by atoms with Gasteiger partial charge in [-0.3, -0.25) is 4.90 Å². The largest absolute Gasteiger partial charge is 0.497 e. The van der Waals surface area contributed by atoms with E-state index in [1.807, 2.05) is 0 Å². The lowest BCUT2D eigenvalue weighted by molar-refractivity contribution is -0.149. The number of likely N-dealkylation sites (tertiary alicyclic amines) is 1. The van der Waals surface area contributed by atoms with E-state index in [9.17, 15) is 14.7 Å². The summed E-state index contributed by atoms with van der Waals surface area (Å²) in [6, 6.07) is 6.25. The molecule has 7 nitrogen and oxygen atoms in total. The van der Waals surface area contributed by atoms with Crippen molar-refractivity contribution in [2.24, 2.45) is 0 Å². The van der Waals surface area contributed by atoms with Crippen LogP contribution in [-0.2, 0) is 20.9 Å². The van der Waals surface area contributed by atoms with Crippen LogP contribution in [-0.4, -0.2) is 54.5 Å². The van der Waals surface area contributed by atoms with Gasteiger partial charge in [-0.15, -0.1) is 0 Å². The molecule has 1 fully saturated rings. The van der Waals surface area contributed by atoms with Crippen molar-refractivity contribution >= 4 is 12.1 Å². The summed E-state index contributed by atoms with van der Waals surface area (Å²) >= 11 is 0. The van der Waals surface area contributed by atoms with Gasteiger partial charge < -0.3 is 19.3 Å². The van der Waals surface area contributed by atoms with Gasteiger partial charge >= 0.3 is 12.1 Å². The predicted octanol–water partition coefficient (Wildman–Crippen LogP) is 1.50. The van der Waals surface area contributed by atoms with Gasteiger partial charge in [0.2, 0.25) is 0 Å². The minimum atomic E-state index is -0.851. The van der Waals surface area contributed by atoms with Crippen molar-refractivity contribution in [1.82, 2.24) is 4.90 Å². The summed E-state index contributed by atoms with van der Waals surface area (Å²) < 4.78 is 15.2. The van der Waals surface area contributed by atoms with Crippen molar-refractivity contribution in [3.63, 3.8) is 0 Å². The highest BCUT2D eigenvalue weighted by Gasteiger charge is 2.40. The summed E-state index contributed by atoms with van der Waals surface area (Å²) in [4.78, 5) is 25.4. The number of esters is 1. The summed E-state index contributed by atoms with van der Waals surface area (Å²) in [5.41, 5.74) is 0.795. The number of ether oxygens (including phenoxy) is 3. The summed E-state index contributed by atoms with van der Waals surface area (Å²) in [5, 5.41) is 9.74. The third-order valence-corrected chi connectivity index (χ3v) is 3.65. The van der Waals surface area contributed by atoms with Crippen LogP contribution < -0.4 is 4.74 Å². The van der Waals surface area contributed by atoms with E-state index in [-0.39, 0.29) is 26.2 Å². The molecule has 0 radical (unpaired) electrons. The number of benzene rings is 1. The summed E-state index contributed by atoms with van der Waals surface area (Å²) in [5.74, 6) is 0.137. The molecule has 0 aromatic heterocycles. The molecule has 1 amide bonds. The molecule has 1 saturated heterocycles. The van der Waals surface area contributed by atoms with Crippen LogP contribution in [0.3, 0.4) is 0 Å². The van der Waals surface area contributed by atoms with Crippen LogP contribution in [0.2, 0.25) is 0 Å². The molecule has 1 aliphatic heterocycles.